The second-order valence-electron chi connectivity index (χ2n) is 2.06. The van der Waals surface area contributed by atoms with Crippen molar-refractivity contribution in [1.82, 2.24) is 4.98 Å². The maximum atomic E-state index is 10.4. The van der Waals surface area contributed by atoms with Crippen molar-refractivity contribution in [2.24, 2.45) is 0 Å². The van der Waals surface area contributed by atoms with E-state index in [1.807, 2.05) is 6.92 Å². The van der Waals surface area contributed by atoms with Gasteiger partial charge in [0.15, 0.2) is 0 Å². The van der Waals surface area contributed by atoms with Gasteiger partial charge >= 0.3 is 5.97 Å². The van der Waals surface area contributed by atoms with Crippen LogP contribution in [0.25, 0.3) is 0 Å². The van der Waals surface area contributed by atoms with Gasteiger partial charge in [-0.3, -0.25) is 0 Å². The van der Waals surface area contributed by atoms with Gasteiger partial charge in [0.2, 0.25) is 0 Å². The van der Waals surface area contributed by atoms with E-state index in [-0.39, 0.29) is 4.88 Å². The van der Waals surface area contributed by atoms with E-state index in [9.17, 15) is 4.79 Å². The third-order valence-corrected chi connectivity index (χ3v) is 2.15. The molecule has 1 heterocycles. The smallest absolute Gasteiger partial charge is 0.347 e. The molecule has 0 amide bonds. The third-order valence-electron chi connectivity index (χ3n) is 1.19. The first kappa shape index (κ1) is 9.15. The number of hydrogen-bond acceptors (Lipinski definition) is 4. The Morgan fingerprint density at radius 2 is 2.58 bits per heavy atom. The van der Waals surface area contributed by atoms with Gasteiger partial charge in [-0.15, -0.1) is 11.3 Å². The molecule has 0 saturated carbocycles. The average Bonchev–Trinajstić information content (AvgIpc) is 2.48. The molecule has 0 fully saturated rings. The minimum Gasteiger partial charge on any atom is -0.477 e. The van der Waals surface area contributed by atoms with Crippen LogP contribution in [0.5, 0.6) is 0 Å². The van der Waals surface area contributed by atoms with Crippen LogP contribution >= 0.6 is 11.3 Å². The third kappa shape index (κ3) is 2.28. The molecule has 0 bridgehead atoms. The monoisotopic (exact) mass is 187 g/mol. The van der Waals surface area contributed by atoms with Crippen LogP contribution in [-0.4, -0.2) is 22.7 Å². The van der Waals surface area contributed by atoms with Crippen molar-refractivity contribution in [2.75, 3.05) is 6.61 Å². The van der Waals surface area contributed by atoms with Gasteiger partial charge in [-0.2, -0.15) is 0 Å². The zero-order valence-electron chi connectivity index (χ0n) is 6.61. The number of hydrogen-bond donors (Lipinski definition) is 1. The minimum absolute atomic E-state index is 0.254. The number of rotatable bonds is 4. The highest BCUT2D eigenvalue weighted by Crippen LogP contribution is 2.13. The molecule has 0 aliphatic heterocycles. The topological polar surface area (TPSA) is 59.4 Å². The summed E-state index contributed by atoms with van der Waals surface area (Å²) in [4.78, 5) is 14.6. The molecule has 0 saturated heterocycles. The van der Waals surface area contributed by atoms with Crippen LogP contribution in [0.1, 0.15) is 21.6 Å². The number of ether oxygens (including phenoxy) is 1. The van der Waals surface area contributed by atoms with Gasteiger partial charge in [0.1, 0.15) is 9.88 Å². The Balaban J connectivity index is 2.58. The van der Waals surface area contributed by atoms with E-state index in [4.69, 9.17) is 9.84 Å². The molecule has 0 spiro atoms. The van der Waals surface area contributed by atoms with Crippen molar-refractivity contribution in [1.29, 1.82) is 0 Å². The first-order valence-corrected chi connectivity index (χ1v) is 4.31. The molecule has 1 rings (SSSR count). The second kappa shape index (κ2) is 4.18. The molecule has 1 aromatic rings. The van der Waals surface area contributed by atoms with E-state index in [2.05, 4.69) is 4.98 Å². The van der Waals surface area contributed by atoms with E-state index in [0.717, 1.165) is 11.3 Å². The molecular weight excluding hydrogens is 178 g/mol. The first-order chi connectivity index (χ1) is 5.74. The lowest BCUT2D eigenvalue weighted by Crippen LogP contribution is -1.90. The molecule has 66 valence electrons. The molecular formula is C7H9NO3S. The number of aromatic carboxylic acids is 1. The van der Waals surface area contributed by atoms with E-state index in [1.165, 1.54) is 6.20 Å². The fraction of sp³-hybridized carbons (Fsp3) is 0.429. The lowest BCUT2D eigenvalue weighted by Gasteiger charge is -1.93. The molecule has 0 radical (unpaired) electrons. The molecule has 1 aromatic heterocycles. The Morgan fingerprint density at radius 1 is 1.83 bits per heavy atom. The predicted molar refractivity (Wildman–Crippen MR) is 44.4 cm³/mol. The van der Waals surface area contributed by atoms with Crippen LogP contribution < -0.4 is 0 Å². The maximum absolute atomic E-state index is 10.4. The summed E-state index contributed by atoms with van der Waals surface area (Å²) >= 11 is 1.15. The maximum Gasteiger partial charge on any atom is 0.347 e. The van der Waals surface area contributed by atoms with Gasteiger partial charge in [0.25, 0.3) is 0 Å². The van der Waals surface area contributed by atoms with Crippen LogP contribution in [0.15, 0.2) is 6.20 Å². The quantitative estimate of drug-likeness (QED) is 0.773. The van der Waals surface area contributed by atoms with Crippen LogP contribution in [0.3, 0.4) is 0 Å². The molecule has 0 aromatic carbocycles. The lowest BCUT2D eigenvalue weighted by atomic mass is 10.6. The van der Waals surface area contributed by atoms with Crippen molar-refractivity contribution < 1.29 is 14.6 Å². The van der Waals surface area contributed by atoms with Crippen molar-refractivity contribution in [3.05, 3.63) is 16.1 Å². The number of aromatic nitrogens is 1. The van der Waals surface area contributed by atoms with Crippen molar-refractivity contribution >= 4 is 17.3 Å². The Labute approximate surface area is 73.8 Å². The van der Waals surface area contributed by atoms with Gasteiger partial charge in [-0.05, 0) is 6.92 Å². The zero-order valence-corrected chi connectivity index (χ0v) is 7.43. The zero-order chi connectivity index (χ0) is 8.97. The Hall–Kier alpha value is -0.940. The van der Waals surface area contributed by atoms with Crippen molar-refractivity contribution in [3.8, 4) is 0 Å². The Morgan fingerprint density at radius 3 is 3.08 bits per heavy atom. The highest BCUT2D eigenvalue weighted by Gasteiger charge is 2.07. The highest BCUT2D eigenvalue weighted by molar-refractivity contribution is 7.13. The summed E-state index contributed by atoms with van der Waals surface area (Å²) in [5.74, 6) is -0.935. The number of carboxylic acids is 1. The summed E-state index contributed by atoms with van der Waals surface area (Å²) in [5.41, 5.74) is 0. The van der Waals surface area contributed by atoms with Crippen LogP contribution in [0.4, 0.5) is 0 Å². The van der Waals surface area contributed by atoms with Gasteiger partial charge in [-0.1, -0.05) is 0 Å². The number of carboxylic acid groups (broad SMARTS) is 1. The standard InChI is InChI=1S/C7H9NO3S/c1-2-11-4-6-8-3-5(12-6)7(9)10/h3H,2,4H2,1H3,(H,9,10). The van der Waals surface area contributed by atoms with E-state index in [0.29, 0.717) is 18.2 Å². The van der Waals surface area contributed by atoms with Gasteiger partial charge in [0, 0.05) is 6.61 Å². The SMILES string of the molecule is CCOCc1ncc(C(=O)O)s1. The van der Waals surface area contributed by atoms with E-state index >= 15 is 0 Å². The summed E-state index contributed by atoms with van der Waals surface area (Å²) < 4.78 is 5.07. The molecule has 0 unspecified atom stereocenters. The summed E-state index contributed by atoms with van der Waals surface area (Å²) in [6.07, 6.45) is 1.35. The van der Waals surface area contributed by atoms with Crippen molar-refractivity contribution in [2.45, 2.75) is 13.5 Å². The number of nitrogens with zero attached hydrogens (tertiary/aromatic N) is 1. The molecule has 0 aliphatic carbocycles. The predicted octanol–water partition coefficient (Wildman–Crippen LogP) is 1.38. The summed E-state index contributed by atoms with van der Waals surface area (Å²) in [5, 5.41) is 9.26. The largest absolute Gasteiger partial charge is 0.477 e. The molecule has 0 aliphatic rings. The molecule has 0 atom stereocenters. The van der Waals surface area contributed by atoms with Crippen LogP contribution in [-0.2, 0) is 11.3 Å². The molecule has 1 N–H and O–H groups in total. The minimum atomic E-state index is -0.935. The number of thiazole rings is 1. The summed E-state index contributed by atoms with van der Waals surface area (Å²) in [7, 11) is 0. The normalized spacial score (nSPS) is 10.1. The van der Waals surface area contributed by atoms with Gasteiger partial charge in [-0.25, -0.2) is 9.78 Å². The van der Waals surface area contributed by atoms with Crippen LogP contribution in [0.2, 0.25) is 0 Å². The van der Waals surface area contributed by atoms with Crippen molar-refractivity contribution in [3.63, 3.8) is 0 Å². The van der Waals surface area contributed by atoms with Gasteiger partial charge < -0.3 is 9.84 Å². The fourth-order valence-electron chi connectivity index (χ4n) is 0.665. The highest BCUT2D eigenvalue weighted by atomic mass is 32.1. The second-order valence-corrected chi connectivity index (χ2v) is 3.18. The molecule has 4 nitrogen and oxygen atoms in total. The Kier molecular flexibility index (Phi) is 3.19. The first-order valence-electron chi connectivity index (χ1n) is 3.49. The molecule has 5 heteroatoms. The van der Waals surface area contributed by atoms with Crippen LogP contribution in [0, 0.1) is 0 Å². The Bertz CT molecular complexity index is 271. The average molecular weight is 187 g/mol. The molecule has 12 heavy (non-hydrogen) atoms. The summed E-state index contributed by atoms with van der Waals surface area (Å²) in [6, 6.07) is 0. The van der Waals surface area contributed by atoms with Gasteiger partial charge in [0.05, 0.1) is 12.8 Å². The summed E-state index contributed by atoms with van der Waals surface area (Å²) in [6.45, 7) is 2.89. The van der Waals surface area contributed by atoms with E-state index in [1.54, 1.807) is 0 Å². The van der Waals surface area contributed by atoms with E-state index < -0.39 is 5.97 Å². The fourth-order valence-corrected chi connectivity index (χ4v) is 1.36. The lowest BCUT2D eigenvalue weighted by molar-refractivity contribution is 0.0702. The number of carbonyl (C=O) groups is 1.